The van der Waals surface area contributed by atoms with Gasteiger partial charge in [0.2, 0.25) is 5.75 Å². The van der Waals surface area contributed by atoms with Gasteiger partial charge in [0.25, 0.3) is 0 Å². The molecule has 7 heteroatoms. The molecule has 0 N–H and O–H groups in total. The summed E-state index contributed by atoms with van der Waals surface area (Å²) in [6.45, 7) is 3.22. The zero-order valence-electron chi connectivity index (χ0n) is 10.4. The summed E-state index contributed by atoms with van der Waals surface area (Å²) in [7, 11) is 1.27. The highest BCUT2D eigenvalue weighted by Gasteiger charge is 2.31. The third-order valence-electron chi connectivity index (χ3n) is 2.25. The van der Waals surface area contributed by atoms with Gasteiger partial charge in [0.1, 0.15) is 12.8 Å². The van der Waals surface area contributed by atoms with Crippen molar-refractivity contribution in [3.8, 4) is 5.75 Å². The number of hydrogen-bond acceptors (Lipinski definition) is 6. The van der Waals surface area contributed by atoms with E-state index in [4.69, 9.17) is 4.74 Å². The van der Waals surface area contributed by atoms with Crippen LogP contribution in [0.5, 0.6) is 5.75 Å². The number of rotatable bonds is 5. The molecule has 1 rings (SSSR count). The first-order chi connectivity index (χ1) is 8.38. The molecule has 0 atom stereocenters. The van der Waals surface area contributed by atoms with Gasteiger partial charge in [-0.05, 0) is 35.9 Å². The molecule has 0 unspecified atom stereocenters. The number of ether oxygens (including phenoxy) is 2. The second kappa shape index (κ2) is 5.44. The fraction of sp³-hybridized carbons (Fsp3) is 0.455. The number of pyridine rings is 1. The molecule has 1 aromatic heterocycles. The van der Waals surface area contributed by atoms with Crippen LogP contribution in [0, 0.1) is 15.5 Å². The minimum absolute atomic E-state index is 0.0273. The highest BCUT2D eigenvalue weighted by atomic mass is 16.6. The summed E-state index contributed by atoms with van der Waals surface area (Å²) in [6, 6.07) is 2.95. The zero-order valence-corrected chi connectivity index (χ0v) is 10.4. The summed E-state index contributed by atoms with van der Waals surface area (Å²) >= 11 is 0. The third kappa shape index (κ3) is 3.16. The summed E-state index contributed by atoms with van der Waals surface area (Å²) in [5.41, 5.74) is -0.890. The molecule has 0 saturated carbocycles. The molecule has 0 saturated heterocycles. The Balaban J connectivity index is 2.81. The molecule has 0 aromatic carbocycles. The number of aromatic nitrogens is 1. The van der Waals surface area contributed by atoms with Crippen molar-refractivity contribution >= 4 is 11.8 Å². The summed E-state index contributed by atoms with van der Waals surface area (Å²) in [5.74, 6) is -0.799. The molecule has 18 heavy (non-hydrogen) atoms. The highest BCUT2D eigenvalue weighted by molar-refractivity contribution is 5.75. The Bertz CT molecular complexity index is 459. The third-order valence-corrected chi connectivity index (χ3v) is 2.25. The Morgan fingerprint density at radius 2 is 2.22 bits per heavy atom. The topological polar surface area (TPSA) is 91.6 Å². The maximum atomic E-state index is 11.4. The van der Waals surface area contributed by atoms with E-state index in [2.05, 4.69) is 9.72 Å². The van der Waals surface area contributed by atoms with E-state index in [1.807, 2.05) is 0 Å². The minimum Gasteiger partial charge on any atom is -0.484 e. The standard InChI is InChI=1S/C11H14N2O5/c1-11(2,10(14)17-3)7-18-8-5-4-6-12-9(8)13(15)16/h4-6H,7H2,1-3H3. The van der Waals surface area contributed by atoms with E-state index >= 15 is 0 Å². The molecule has 0 fully saturated rings. The van der Waals surface area contributed by atoms with E-state index in [0.29, 0.717) is 0 Å². The predicted octanol–water partition coefficient (Wildman–Crippen LogP) is 1.57. The van der Waals surface area contributed by atoms with E-state index in [0.717, 1.165) is 0 Å². The first kappa shape index (κ1) is 13.9. The minimum atomic E-state index is -0.890. The molecular formula is C11H14N2O5. The lowest BCUT2D eigenvalue weighted by Gasteiger charge is -2.21. The second-order valence-corrected chi connectivity index (χ2v) is 4.25. The van der Waals surface area contributed by atoms with Crippen molar-refractivity contribution in [3.05, 3.63) is 28.4 Å². The lowest BCUT2D eigenvalue weighted by molar-refractivity contribution is -0.390. The molecule has 0 aliphatic heterocycles. The molecule has 0 radical (unpaired) electrons. The summed E-state index contributed by atoms with van der Waals surface area (Å²) < 4.78 is 9.89. The molecule has 1 heterocycles. The van der Waals surface area contributed by atoms with Crippen molar-refractivity contribution in [2.24, 2.45) is 5.41 Å². The molecule has 0 amide bonds. The lowest BCUT2D eigenvalue weighted by atomic mass is 9.95. The van der Waals surface area contributed by atoms with Gasteiger partial charge < -0.3 is 19.6 Å². The van der Waals surface area contributed by atoms with Gasteiger partial charge in [-0.15, -0.1) is 0 Å². The smallest absolute Gasteiger partial charge is 0.406 e. The maximum Gasteiger partial charge on any atom is 0.406 e. The van der Waals surface area contributed by atoms with Crippen LogP contribution in [0.1, 0.15) is 13.8 Å². The van der Waals surface area contributed by atoms with Crippen LogP contribution in [-0.4, -0.2) is 29.6 Å². The van der Waals surface area contributed by atoms with Gasteiger partial charge in [-0.25, -0.2) is 0 Å². The summed E-state index contributed by atoms with van der Waals surface area (Å²) in [5, 5.41) is 10.7. The second-order valence-electron chi connectivity index (χ2n) is 4.25. The fourth-order valence-corrected chi connectivity index (χ4v) is 1.23. The predicted molar refractivity (Wildman–Crippen MR) is 62.2 cm³/mol. The normalized spacial score (nSPS) is 10.8. The Labute approximate surface area is 104 Å². The molecule has 0 aliphatic rings. The van der Waals surface area contributed by atoms with Gasteiger partial charge in [0, 0.05) is 0 Å². The number of nitrogens with zero attached hydrogens (tertiary/aromatic N) is 2. The van der Waals surface area contributed by atoms with Crippen LogP contribution >= 0.6 is 0 Å². The van der Waals surface area contributed by atoms with Gasteiger partial charge in [0.05, 0.1) is 12.5 Å². The molecule has 0 spiro atoms. The van der Waals surface area contributed by atoms with Crippen molar-refractivity contribution in [2.45, 2.75) is 13.8 Å². The van der Waals surface area contributed by atoms with Crippen LogP contribution < -0.4 is 4.74 Å². The van der Waals surface area contributed by atoms with Crippen LogP contribution in [0.25, 0.3) is 0 Å². The molecule has 0 aliphatic carbocycles. The fourth-order valence-electron chi connectivity index (χ4n) is 1.23. The average Bonchev–Trinajstić information content (AvgIpc) is 2.35. The van der Waals surface area contributed by atoms with E-state index in [-0.39, 0.29) is 18.2 Å². The van der Waals surface area contributed by atoms with E-state index in [1.54, 1.807) is 13.8 Å². The van der Waals surface area contributed by atoms with Crippen LogP contribution in [-0.2, 0) is 9.53 Å². The molecular weight excluding hydrogens is 240 g/mol. The molecule has 7 nitrogen and oxygen atoms in total. The van der Waals surface area contributed by atoms with Gasteiger partial charge >= 0.3 is 11.8 Å². The number of carbonyl (C=O) groups excluding carboxylic acids is 1. The van der Waals surface area contributed by atoms with E-state index < -0.39 is 16.3 Å². The quantitative estimate of drug-likeness (QED) is 0.450. The van der Waals surface area contributed by atoms with Crippen LogP contribution in [0.2, 0.25) is 0 Å². The van der Waals surface area contributed by atoms with E-state index in [1.165, 1.54) is 25.4 Å². The van der Waals surface area contributed by atoms with Gasteiger partial charge in [-0.1, -0.05) is 0 Å². The van der Waals surface area contributed by atoms with Crippen molar-refractivity contribution in [2.75, 3.05) is 13.7 Å². The van der Waals surface area contributed by atoms with Crippen molar-refractivity contribution in [1.29, 1.82) is 0 Å². The molecule has 0 bridgehead atoms. The van der Waals surface area contributed by atoms with Crippen molar-refractivity contribution in [1.82, 2.24) is 4.98 Å². The Morgan fingerprint density at radius 1 is 1.56 bits per heavy atom. The number of nitro groups is 1. The zero-order chi connectivity index (χ0) is 13.8. The van der Waals surface area contributed by atoms with Crippen LogP contribution in [0.4, 0.5) is 5.82 Å². The summed E-state index contributed by atoms with van der Waals surface area (Å²) in [6.07, 6.45) is 1.30. The van der Waals surface area contributed by atoms with Crippen LogP contribution in [0.3, 0.4) is 0 Å². The van der Waals surface area contributed by atoms with Gasteiger partial charge in [-0.3, -0.25) is 4.79 Å². The maximum absolute atomic E-state index is 11.4. The first-order valence-corrected chi connectivity index (χ1v) is 5.19. The Hall–Kier alpha value is -2.18. The van der Waals surface area contributed by atoms with Gasteiger partial charge in [0.15, 0.2) is 0 Å². The number of methoxy groups -OCH3 is 1. The molecule has 1 aromatic rings. The Morgan fingerprint density at radius 3 is 2.78 bits per heavy atom. The van der Waals surface area contributed by atoms with Gasteiger partial charge in [-0.2, -0.15) is 0 Å². The number of hydrogen-bond donors (Lipinski definition) is 0. The highest BCUT2D eigenvalue weighted by Crippen LogP contribution is 2.26. The van der Waals surface area contributed by atoms with E-state index in [9.17, 15) is 14.9 Å². The average molecular weight is 254 g/mol. The summed E-state index contributed by atoms with van der Waals surface area (Å²) in [4.78, 5) is 25.1. The van der Waals surface area contributed by atoms with Crippen molar-refractivity contribution < 1.29 is 19.2 Å². The largest absolute Gasteiger partial charge is 0.484 e. The SMILES string of the molecule is COC(=O)C(C)(C)COc1cccnc1[N+](=O)[O-]. The monoisotopic (exact) mass is 254 g/mol. The van der Waals surface area contributed by atoms with Crippen molar-refractivity contribution in [3.63, 3.8) is 0 Å². The Kier molecular flexibility index (Phi) is 4.19. The molecule has 98 valence electrons. The number of carbonyl (C=O) groups is 1. The van der Waals surface area contributed by atoms with Crippen LogP contribution in [0.15, 0.2) is 18.3 Å². The first-order valence-electron chi connectivity index (χ1n) is 5.19. The number of esters is 1. The lowest BCUT2D eigenvalue weighted by Crippen LogP contribution is -2.32.